The lowest BCUT2D eigenvalue weighted by Gasteiger charge is -2.38. The maximum absolute atomic E-state index is 12.3. The van der Waals surface area contributed by atoms with E-state index in [4.69, 9.17) is 11.6 Å². The fourth-order valence-corrected chi connectivity index (χ4v) is 2.76. The Hall–Kier alpha value is -2.01. The number of aromatic amines is 1. The van der Waals surface area contributed by atoms with Gasteiger partial charge in [-0.1, -0.05) is 29.8 Å². The molecule has 0 bridgehead atoms. The van der Waals surface area contributed by atoms with E-state index in [1.807, 2.05) is 18.2 Å². The van der Waals surface area contributed by atoms with Crippen LogP contribution in [0.25, 0.3) is 10.9 Å². The highest BCUT2D eigenvalue weighted by Crippen LogP contribution is 2.33. The maximum atomic E-state index is 12.3. The fourth-order valence-electron chi connectivity index (χ4n) is 2.47. The topological polar surface area (TPSA) is 82.2 Å². The van der Waals surface area contributed by atoms with E-state index in [0.717, 1.165) is 17.3 Å². The second-order valence-electron chi connectivity index (χ2n) is 5.05. The molecule has 1 aromatic heterocycles. The minimum absolute atomic E-state index is 0.209. The second kappa shape index (κ2) is 4.52. The van der Waals surface area contributed by atoms with Crippen LogP contribution >= 0.6 is 11.6 Å². The summed E-state index contributed by atoms with van der Waals surface area (Å²) < 4.78 is 0. The Balaban J connectivity index is 1.93. The summed E-state index contributed by atoms with van der Waals surface area (Å²) in [7, 11) is 0. The molecule has 2 aromatic rings. The van der Waals surface area contributed by atoms with Crippen LogP contribution in [0.4, 0.5) is 0 Å². The number of carboxylic acids is 1. The van der Waals surface area contributed by atoms with E-state index in [2.05, 4.69) is 10.3 Å². The number of aliphatic carboxylic acids is 1. The van der Waals surface area contributed by atoms with Gasteiger partial charge in [-0.05, 0) is 25.3 Å². The van der Waals surface area contributed by atoms with E-state index in [1.165, 1.54) is 0 Å². The zero-order valence-electron chi connectivity index (χ0n) is 10.6. The van der Waals surface area contributed by atoms with Crippen molar-refractivity contribution >= 4 is 34.4 Å². The van der Waals surface area contributed by atoms with E-state index in [9.17, 15) is 14.7 Å². The molecule has 0 radical (unpaired) electrons. The molecule has 0 aliphatic heterocycles. The van der Waals surface area contributed by atoms with Crippen LogP contribution in [0.3, 0.4) is 0 Å². The maximum Gasteiger partial charge on any atom is 0.329 e. The summed E-state index contributed by atoms with van der Waals surface area (Å²) in [6.07, 6.45) is 1.70. The van der Waals surface area contributed by atoms with Gasteiger partial charge in [-0.25, -0.2) is 4.79 Å². The molecule has 3 N–H and O–H groups in total. The number of benzene rings is 1. The minimum atomic E-state index is -1.14. The number of hydrogen-bond donors (Lipinski definition) is 3. The third-order valence-corrected chi connectivity index (χ3v) is 4.23. The van der Waals surface area contributed by atoms with E-state index in [-0.39, 0.29) is 5.69 Å². The molecule has 0 spiro atoms. The van der Waals surface area contributed by atoms with Crippen molar-refractivity contribution in [2.75, 3.05) is 0 Å². The van der Waals surface area contributed by atoms with Gasteiger partial charge in [0.25, 0.3) is 5.91 Å². The summed E-state index contributed by atoms with van der Waals surface area (Å²) >= 11 is 6.18. The Labute approximate surface area is 119 Å². The predicted octanol–water partition coefficient (Wildman–Crippen LogP) is 2.56. The highest BCUT2D eigenvalue weighted by Gasteiger charge is 2.46. The lowest BCUT2D eigenvalue weighted by atomic mass is 9.76. The van der Waals surface area contributed by atoms with Crippen molar-refractivity contribution in [3.63, 3.8) is 0 Å². The third-order valence-electron chi connectivity index (χ3n) is 3.84. The molecular weight excluding hydrogens is 280 g/mol. The van der Waals surface area contributed by atoms with Gasteiger partial charge in [0.2, 0.25) is 0 Å². The molecule has 104 valence electrons. The number of halogens is 1. The fraction of sp³-hybridized carbons (Fsp3) is 0.286. The Kier molecular flexibility index (Phi) is 2.94. The Bertz CT molecular complexity index is 704. The normalized spacial score (nSPS) is 16.6. The van der Waals surface area contributed by atoms with Gasteiger partial charge in [0, 0.05) is 10.9 Å². The van der Waals surface area contributed by atoms with Gasteiger partial charge in [0.05, 0.1) is 5.02 Å². The molecule has 20 heavy (non-hydrogen) atoms. The van der Waals surface area contributed by atoms with Gasteiger partial charge in [0.1, 0.15) is 11.2 Å². The van der Waals surface area contributed by atoms with Crippen LogP contribution in [0, 0.1) is 0 Å². The van der Waals surface area contributed by atoms with Crippen LogP contribution in [-0.2, 0) is 4.79 Å². The number of aromatic nitrogens is 1. The molecule has 1 aromatic carbocycles. The minimum Gasteiger partial charge on any atom is -0.480 e. The van der Waals surface area contributed by atoms with Crippen molar-refractivity contribution < 1.29 is 14.7 Å². The number of para-hydroxylation sites is 1. The van der Waals surface area contributed by atoms with Crippen molar-refractivity contribution in [3.8, 4) is 0 Å². The van der Waals surface area contributed by atoms with Crippen molar-refractivity contribution in [1.29, 1.82) is 0 Å². The molecule has 0 saturated heterocycles. The average molecular weight is 293 g/mol. The van der Waals surface area contributed by atoms with Crippen LogP contribution in [0.1, 0.15) is 29.8 Å². The molecule has 3 rings (SSSR count). The second-order valence-corrected chi connectivity index (χ2v) is 5.43. The first-order valence-electron chi connectivity index (χ1n) is 6.36. The molecule has 1 aliphatic carbocycles. The molecule has 5 nitrogen and oxygen atoms in total. The number of amides is 1. The van der Waals surface area contributed by atoms with Crippen molar-refractivity contribution in [3.05, 3.63) is 35.0 Å². The van der Waals surface area contributed by atoms with Crippen LogP contribution in [0.2, 0.25) is 5.02 Å². The highest BCUT2D eigenvalue weighted by atomic mass is 35.5. The van der Waals surface area contributed by atoms with Crippen molar-refractivity contribution in [2.45, 2.75) is 24.8 Å². The quantitative estimate of drug-likeness (QED) is 0.813. The number of carbonyl (C=O) groups excluding carboxylic acids is 1. The summed E-state index contributed by atoms with van der Waals surface area (Å²) in [5.74, 6) is -1.47. The van der Waals surface area contributed by atoms with Gasteiger partial charge in [-0.15, -0.1) is 0 Å². The lowest BCUT2D eigenvalue weighted by molar-refractivity contribution is -0.148. The SMILES string of the molecule is O=C(NC1(C(=O)O)CCC1)c1[nH]c2ccccc2c1Cl. The Morgan fingerprint density at radius 3 is 2.55 bits per heavy atom. The summed E-state index contributed by atoms with van der Waals surface area (Å²) in [6, 6.07) is 7.28. The molecule has 0 atom stereocenters. The summed E-state index contributed by atoms with van der Waals surface area (Å²) in [5, 5.41) is 12.9. The Morgan fingerprint density at radius 2 is 2.00 bits per heavy atom. The smallest absolute Gasteiger partial charge is 0.329 e. The highest BCUT2D eigenvalue weighted by molar-refractivity contribution is 6.38. The van der Waals surface area contributed by atoms with E-state index < -0.39 is 17.4 Å². The molecular formula is C14H13ClN2O3. The van der Waals surface area contributed by atoms with Gasteiger partial charge in [-0.3, -0.25) is 4.79 Å². The number of rotatable bonds is 3. The van der Waals surface area contributed by atoms with Crippen molar-refractivity contribution in [1.82, 2.24) is 10.3 Å². The lowest BCUT2D eigenvalue weighted by Crippen LogP contribution is -2.59. The van der Waals surface area contributed by atoms with Crippen LogP contribution in [0.15, 0.2) is 24.3 Å². The summed E-state index contributed by atoms with van der Waals surface area (Å²) in [5.41, 5.74) is -0.182. The molecule has 1 heterocycles. The monoisotopic (exact) mass is 292 g/mol. The number of fused-ring (bicyclic) bond motifs is 1. The zero-order valence-corrected chi connectivity index (χ0v) is 11.3. The van der Waals surface area contributed by atoms with E-state index >= 15 is 0 Å². The molecule has 1 amide bonds. The zero-order chi connectivity index (χ0) is 14.3. The first-order chi connectivity index (χ1) is 9.53. The molecule has 6 heteroatoms. The van der Waals surface area contributed by atoms with Gasteiger partial charge < -0.3 is 15.4 Å². The first-order valence-corrected chi connectivity index (χ1v) is 6.73. The van der Waals surface area contributed by atoms with Crippen LogP contribution < -0.4 is 5.32 Å². The number of carboxylic acid groups (broad SMARTS) is 1. The average Bonchev–Trinajstić information content (AvgIpc) is 2.71. The van der Waals surface area contributed by atoms with Crippen LogP contribution in [0.5, 0.6) is 0 Å². The summed E-state index contributed by atoms with van der Waals surface area (Å²) in [6.45, 7) is 0. The first kappa shape index (κ1) is 13.0. The van der Waals surface area contributed by atoms with Crippen molar-refractivity contribution in [2.24, 2.45) is 0 Å². The molecule has 1 fully saturated rings. The van der Waals surface area contributed by atoms with Gasteiger partial charge in [-0.2, -0.15) is 0 Å². The number of carbonyl (C=O) groups is 2. The van der Waals surface area contributed by atoms with Gasteiger partial charge >= 0.3 is 5.97 Å². The molecule has 0 unspecified atom stereocenters. The number of H-pyrrole nitrogens is 1. The number of hydrogen-bond acceptors (Lipinski definition) is 2. The largest absolute Gasteiger partial charge is 0.480 e. The predicted molar refractivity (Wildman–Crippen MR) is 75.0 cm³/mol. The molecule has 1 saturated carbocycles. The van der Waals surface area contributed by atoms with E-state index in [1.54, 1.807) is 6.07 Å². The molecule has 1 aliphatic rings. The van der Waals surface area contributed by atoms with Crippen LogP contribution in [-0.4, -0.2) is 27.5 Å². The number of nitrogens with one attached hydrogen (secondary N) is 2. The summed E-state index contributed by atoms with van der Waals surface area (Å²) in [4.78, 5) is 26.5. The van der Waals surface area contributed by atoms with Gasteiger partial charge in [0.15, 0.2) is 0 Å². The Morgan fingerprint density at radius 1 is 1.30 bits per heavy atom. The van der Waals surface area contributed by atoms with E-state index in [0.29, 0.717) is 17.9 Å². The standard InChI is InChI=1S/C14H13ClN2O3/c15-10-8-4-1-2-5-9(8)16-11(10)12(18)17-14(13(19)20)6-3-7-14/h1-2,4-5,16H,3,6-7H2,(H,17,18)(H,19,20). The third kappa shape index (κ3) is 1.86.